The Morgan fingerprint density at radius 1 is 0.875 bits per heavy atom. The first kappa shape index (κ1) is 32.3. The highest BCUT2D eigenvalue weighted by molar-refractivity contribution is 6.00. The van der Waals surface area contributed by atoms with Crippen LogP contribution in [0.2, 0.25) is 0 Å². The molecule has 2 unspecified atom stereocenters. The molecule has 5 aliphatic carbocycles. The van der Waals surface area contributed by atoms with Gasteiger partial charge in [0.1, 0.15) is 30.5 Å². The smallest absolute Gasteiger partial charge is 0.341 e. The molecule has 0 radical (unpaired) electrons. The molecule has 3 heterocycles. The summed E-state index contributed by atoms with van der Waals surface area (Å²) in [5, 5.41) is 24.0. The van der Waals surface area contributed by atoms with Gasteiger partial charge < -0.3 is 38.6 Å². The number of aliphatic hydroxyl groups is 2. The van der Waals surface area contributed by atoms with Gasteiger partial charge in [0.05, 0.1) is 17.6 Å². The number of ether oxygens (including phenoxy) is 6. The van der Waals surface area contributed by atoms with Crippen LogP contribution >= 0.6 is 0 Å². The maximum Gasteiger partial charge on any atom is 0.341 e. The number of esters is 4. The minimum atomic E-state index is -2.10. The summed E-state index contributed by atoms with van der Waals surface area (Å²) in [4.78, 5) is 67.6. The van der Waals surface area contributed by atoms with E-state index < -0.39 is 124 Å². The van der Waals surface area contributed by atoms with Crippen molar-refractivity contribution >= 4 is 29.7 Å². The van der Waals surface area contributed by atoms with E-state index in [2.05, 4.69) is 0 Å². The molecule has 13 nitrogen and oxygen atoms in total. The Labute approximate surface area is 277 Å². The van der Waals surface area contributed by atoms with Crippen molar-refractivity contribution in [2.75, 3.05) is 0 Å². The summed E-state index contributed by atoms with van der Waals surface area (Å²) in [6.07, 6.45) is -5.57. The van der Waals surface area contributed by atoms with Crippen LogP contribution in [0.3, 0.4) is 0 Å². The van der Waals surface area contributed by atoms with Crippen LogP contribution < -0.4 is 0 Å². The van der Waals surface area contributed by atoms with E-state index in [4.69, 9.17) is 28.4 Å². The molecule has 0 aromatic rings. The van der Waals surface area contributed by atoms with Crippen LogP contribution in [0.4, 0.5) is 0 Å². The summed E-state index contributed by atoms with van der Waals surface area (Å²) < 4.78 is 36.7. The molecule has 2 N–H and O–H groups in total. The van der Waals surface area contributed by atoms with Crippen LogP contribution in [0, 0.1) is 51.8 Å². The molecule has 18 atom stereocenters. The zero-order chi connectivity index (χ0) is 35.0. The average molecular weight is 673 g/mol. The standard InChI is InChI=1S/C35H44O13/c1-11-16-10-17-24(46-17)27(40)31(16,6)21-18(23(11)39)20-25(43-13(3)36)22-19(32(20,7)29(45-15(5)38)26(21)44-14(4)37)12(2)28-35(47-28)33(22,8)34(9,42)30(41)48-35/h12,17-22,24-29,40,42H,10H2,1-9H3/t12-,17-,18?,19-,20+,21?,22-,24-,25+,26-,27-,28+,29-,31-,32+,33-,34+,35-/m0/s1. The maximum absolute atomic E-state index is 15.0. The van der Waals surface area contributed by atoms with Crippen LogP contribution in [0.15, 0.2) is 11.1 Å². The number of hydrogen-bond acceptors (Lipinski definition) is 13. The molecule has 0 amide bonds. The highest BCUT2D eigenvalue weighted by Crippen LogP contribution is 2.81. The zero-order valence-corrected chi connectivity index (χ0v) is 28.6. The van der Waals surface area contributed by atoms with Gasteiger partial charge in [0.2, 0.25) is 5.79 Å². The molecule has 262 valence electrons. The van der Waals surface area contributed by atoms with Gasteiger partial charge in [-0.15, -0.1) is 0 Å². The van der Waals surface area contributed by atoms with Crippen molar-refractivity contribution in [1.82, 2.24) is 0 Å². The Hall–Kier alpha value is -2.87. The number of ketones is 1. The number of Topliss-reactive ketones (excluding diaryl/α,β-unsaturated/α-hetero) is 1. The van der Waals surface area contributed by atoms with Gasteiger partial charge in [0.25, 0.3) is 0 Å². The molecule has 13 heteroatoms. The Balaban J connectivity index is 1.43. The Bertz CT molecular complexity index is 1620. The normalized spacial score (nSPS) is 56.6. The molecule has 3 saturated heterocycles. The molecule has 4 saturated carbocycles. The van der Waals surface area contributed by atoms with E-state index in [0.717, 1.165) is 0 Å². The number of carbonyl (C=O) groups excluding carboxylic acids is 5. The number of rotatable bonds is 3. The molecule has 1 spiro atoms. The summed E-state index contributed by atoms with van der Waals surface area (Å²) in [6, 6.07) is 0. The largest absolute Gasteiger partial charge is 0.462 e. The monoisotopic (exact) mass is 672 g/mol. The van der Waals surface area contributed by atoms with Crippen LogP contribution in [0.1, 0.15) is 68.7 Å². The van der Waals surface area contributed by atoms with Gasteiger partial charge in [0.15, 0.2) is 11.4 Å². The van der Waals surface area contributed by atoms with E-state index in [-0.39, 0.29) is 11.9 Å². The van der Waals surface area contributed by atoms with Gasteiger partial charge in [-0.05, 0) is 44.6 Å². The number of hydrogen-bond donors (Lipinski definition) is 2. The Morgan fingerprint density at radius 2 is 1.48 bits per heavy atom. The highest BCUT2D eigenvalue weighted by atomic mass is 16.8. The number of allylic oxidation sites excluding steroid dienone is 1. The summed E-state index contributed by atoms with van der Waals surface area (Å²) >= 11 is 0. The van der Waals surface area contributed by atoms with Crippen molar-refractivity contribution in [3.8, 4) is 0 Å². The van der Waals surface area contributed by atoms with Gasteiger partial charge in [-0.3, -0.25) is 19.2 Å². The first-order valence-electron chi connectivity index (χ1n) is 17.0. The van der Waals surface area contributed by atoms with Crippen molar-refractivity contribution in [2.24, 2.45) is 51.8 Å². The lowest BCUT2D eigenvalue weighted by Crippen LogP contribution is -2.70. The summed E-state index contributed by atoms with van der Waals surface area (Å²) in [5.41, 5.74) is -4.82. The Kier molecular flexibility index (Phi) is 6.24. The molecule has 0 aromatic heterocycles. The van der Waals surface area contributed by atoms with Gasteiger partial charge in [0, 0.05) is 55.3 Å². The second-order valence-corrected chi connectivity index (χ2v) is 16.4. The highest BCUT2D eigenvalue weighted by Gasteiger charge is 2.93. The summed E-state index contributed by atoms with van der Waals surface area (Å²) in [5.74, 6) is -9.26. The lowest BCUT2D eigenvalue weighted by molar-refractivity contribution is -0.241. The molecule has 48 heavy (non-hydrogen) atoms. The molecule has 0 aromatic carbocycles. The molecule has 0 bridgehead atoms. The second kappa shape index (κ2) is 9.26. The maximum atomic E-state index is 15.0. The van der Waals surface area contributed by atoms with E-state index in [1.54, 1.807) is 13.8 Å². The van der Waals surface area contributed by atoms with Gasteiger partial charge in [-0.2, -0.15) is 0 Å². The molecular weight excluding hydrogens is 628 g/mol. The van der Waals surface area contributed by atoms with E-state index in [1.165, 1.54) is 27.7 Å². The van der Waals surface area contributed by atoms with E-state index >= 15 is 0 Å². The first-order chi connectivity index (χ1) is 22.2. The molecule has 8 aliphatic rings. The van der Waals surface area contributed by atoms with E-state index in [1.807, 2.05) is 20.8 Å². The number of epoxide rings is 2. The van der Waals surface area contributed by atoms with Crippen molar-refractivity contribution in [3.05, 3.63) is 11.1 Å². The van der Waals surface area contributed by atoms with E-state index in [9.17, 15) is 34.2 Å². The van der Waals surface area contributed by atoms with Crippen molar-refractivity contribution in [2.45, 2.75) is 123 Å². The van der Waals surface area contributed by atoms with Crippen LogP contribution in [-0.2, 0) is 52.4 Å². The Morgan fingerprint density at radius 3 is 2.08 bits per heavy atom. The average Bonchev–Trinajstić information content (AvgIpc) is 3.88. The second-order valence-electron chi connectivity index (χ2n) is 16.4. The third-order valence-corrected chi connectivity index (χ3v) is 14.6. The molecule has 8 rings (SSSR count). The minimum absolute atomic E-state index is 0.247. The topological polar surface area (TPSA) is 188 Å². The van der Waals surface area contributed by atoms with Crippen LogP contribution in [0.5, 0.6) is 0 Å². The predicted octanol–water partition coefficient (Wildman–Crippen LogP) is 1.39. The SMILES string of the molecule is CC(=O)O[C@H]1[C@@H]2[C@H]([C@H](C)[C@H]3O[C@]34OC(=O)[C@@](C)(O)[C@]24C)[C@]2(C)[C@@H]1C1C(=O)C(C)=C3C[C@@H]4O[C@@H]4[C@H](O)[C@]3(C)C1[C@H](OC(C)=O)[C@@H]2OC(C)=O. The van der Waals surface area contributed by atoms with Crippen molar-refractivity contribution < 1.29 is 62.6 Å². The van der Waals surface area contributed by atoms with E-state index in [0.29, 0.717) is 17.6 Å². The molecular formula is C35H44O13. The van der Waals surface area contributed by atoms with Crippen molar-refractivity contribution in [1.29, 1.82) is 0 Å². The van der Waals surface area contributed by atoms with Gasteiger partial charge in [-0.25, -0.2) is 4.79 Å². The number of aliphatic hydroxyl groups excluding tert-OH is 1. The first-order valence-corrected chi connectivity index (χ1v) is 17.0. The van der Waals surface area contributed by atoms with Crippen LogP contribution in [-0.4, -0.2) is 94.0 Å². The lowest BCUT2D eigenvalue weighted by atomic mass is 9.43. The van der Waals surface area contributed by atoms with Crippen molar-refractivity contribution in [3.63, 3.8) is 0 Å². The molecule has 3 aliphatic heterocycles. The number of fused-ring (bicyclic) bond motifs is 9. The quantitative estimate of drug-likeness (QED) is 0.249. The third kappa shape index (κ3) is 3.35. The fourth-order valence-corrected chi connectivity index (χ4v) is 12.6. The lowest BCUT2D eigenvalue weighted by Gasteiger charge is -2.62. The molecule has 7 fully saturated rings. The zero-order valence-electron chi connectivity index (χ0n) is 28.6. The number of carbonyl (C=O) groups is 5. The fourth-order valence-electron chi connectivity index (χ4n) is 12.6. The predicted molar refractivity (Wildman–Crippen MR) is 159 cm³/mol. The summed E-state index contributed by atoms with van der Waals surface area (Å²) in [7, 11) is 0. The fraction of sp³-hybridized carbons (Fsp3) is 0.800. The van der Waals surface area contributed by atoms with Crippen LogP contribution in [0.25, 0.3) is 0 Å². The third-order valence-electron chi connectivity index (χ3n) is 14.6. The van der Waals surface area contributed by atoms with Gasteiger partial charge >= 0.3 is 23.9 Å². The summed E-state index contributed by atoms with van der Waals surface area (Å²) in [6.45, 7) is 14.2. The van der Waals surface area contributed by atoms with Gasteiger partial charge in [-0.1, -0.05) is 26.3 Å². The minimum Gasteiger partial charge on any atom is -0.462 e.